The SMILES string of the molecule is CNC(=O)C1(COC)CCCN1C(=O)c1ccc2ncccc2c1. The van der Waals surface area contributed by atoms with Gasteiger partial charge in [0.2, 0.25) is 5.91 Å². The van der Waals surface area contributed by atoms with Gasteiger partial charge in [-0.3, -0.25) is 14.6 Å². The van der Waals surface area contributed by atoms with Gasteiger partial charge in [0.15, 0.2) is 0 Å². The summed E-state index contributed by atoms with van der Waals surface area (Å²) >= 11 is 0. The predicted molar refractivity (Wildman–Crippen MR) is 90.7 cm³/mol. The monoisotopic (exact) mass is 327 g/mol. The number of carbonyl (C=O) groups is 2. The highest BCUT2D eigenvalue weighted by Gasteiger charge is 2.49. The fourth-order valence-electron chi connectivity index (χ4n) is 3.46. The lowest BCUT2D eigenvalue weighted by molar-refractivity contribution is -0.133. The van der Waals surface area contributed by atoms with E-state index in [4.69, 9.17) is 4.74 Å². The maximum atomic E-state index is 13.1. The van der Waals surface area contributed by atoms with Crippen LogP contribution in [0.4, 0.5) is 0 Å². The first-order valence-electron chi connectivity index (χ1n) is 8.00. The number of hydrogen-bond acceptors (Lipinski definition) is 4. The standard InChI is InChI=1S/C18H21N3O3/c1-19-17(23)18(12-24-2)8-4-10-21(18)16(22)14-6-7-15-13(11-14)5-3-9-20-15/h3,5-7,9,11H,4,8,10,12H2,1-2H3,(H,19,23). The Kier molecular flexibility index (Phi) is 4.49. The number of ether oxygens (including phenoxy) is 1. The molecule has 2 heterocycles. The molecule has 1 aromatic carbocycles. The summed E-state index contributed by atoms with van der Waals surface area (Å²) in [6.07, 6.45) is 3.10. The number of pyridine rings is 1. The second-order valence-electron chi connectivity index (χ2n) is 6.01. The highest BCUT2D eigenvalue weighted by molar-refractivity contribution is 6.01. The molecule has 3 rings (SSSR count). The smallest absolute Gasteiger partial charge is 0.254 e. The number of amides is 2. The molecule has 126 valence electrons. The van der Waals surface area contributed by atoms with Crippen molar-refractivity contribution in [3.05, 3.63) is 42.1 Å². The van der Waals surface area contributed by atoms with Crippen LogP contribution in [-0.2, 0) is 9.53 Å². The molecule has 0 radical (unpaired) electrons. The number of rotatable bonds is 4. The first kappa shape index (κ1) is 16.4. The van der Waals surface area contributed by atoms with Gasteiger partial charge < -0.3 is 15.0 Å². The van der Waals surface area contributed by atoms with Crippen LogP contribution in [0.3, 0.4) is 0 Å². The van der Waals surface area contributed by atoms with Crippen LogP contribution in [0.1, 0.15) is 23.2 Å². The van der Waals surface area contributed by atoms with Crippen molar-refractivity contribution in [3.63, 3.8) is 0 Å². The van der Waals surface area contributed by atoms with Crippen molar-refractivity contribution in [3.8, 4) is 0 Å². The van der Waals surface area contributed by atoms with E-state index in [0.29, 0.717) is 18.5 Å². The number of nitrogens with one attached hydrogen (secondary N) is 1. The average molecular weight is 327 g/mol. The summed E-state index contributed by atoms with van der Waals surface area (Å²) in [6, 6.07) is 9.18. The Morgan fingerprint density at radius 3 is 2.96 bits per heavy atom. The summed E-state index contributed by atoms with van der Waals surface area (Å²) in [5.74, 6) is -0.337. The first-order valence-corrected chi connectivity index (χ1v) is 8.00. The third-order valence-corrected chi connectivity index (χ3v) is 4.62. The van der Waals surface area contributed by atoms with Crippen LogP contribution in [0.15, 0.2) is 36.5 Å². The van der Waals surface area contributed by atoms with E-state index >= 15 is 0 Å². The Morgan fingerprint density at radius 2 is 2.21 bits per heavy atom. The summed E-state index contributed by atoms with van der Waals surface area (Å²) in [6.45, 7) is 0.730. The van der Waals surface area contributed by atoms with Gasteiger partial charge in [-0.05, 0) is 37.1 Å². The zero-order valence-corrected chi connectivity index (χ0v) is 13.9. The third-order valence-electron chi connectivity index (χ3n) is 4.62. The number of aromatic nitrogens is 1. The molecule has 2 amide bonds. The Balaban J connectivity index is 1.98. The largest absolute Gasteiger partial charge is 0.382 e. The molecule has 0 spiro atoms. The van der Waals surface area contributed by atoms with Crippen molar-refractivity contribution >= 4 is 22.7 Å². The molecule has 1 aliphatic rings. The first-order chi connectivity index (χ1) is 11.6. The van der Waals surface area contributed by atoms with Crippen molar-refractivity contribution in [1.29, 1.82) is 0 Å². The van der Waals surface area contributed by atoms with Gasteiger partial charge in [0, 0.05) is 37.8 Å². The van der Waals surface area contributed by atoms with E-state index in [9.17, 15) is 9.59 Å². The third kappa shape index (κ3) is 2.63. The minimum atomic E-state index is -0.940. The van der Waals surface area contributed by atoms with Gasteiger partial charge in [-0.1, -0.05) is 6.07 Å². The van der Waals surface area contributed by atoms with Gasteiger partial charge >= 0.3 is 0 Å². The van der Waals surface area contributed by atoms with Crippen molar-refractivity contribution < 1.29 is 14.3 Å². The van der Waals surface area contributed by atoms with Crippen LogP contribution in [0.25, 0.3) is 10.9 Å². The van der Waals surface area contributed by atoms with Gasteiger partial charge in [0.05, 0.1) is 12.1 Å². The Hall–Kier alpha value is -2.47. The van der Waals surface area contributed by atoms with Gasteiger partial charge in [-0.2, -0.15) is 0 Å². The number of methoxy groups -OCH3 is 1. The molecule has 0 saturated carbocycles. The topological polar surface area (TPSA) is 71.5 Å². The maximum Gasteiger partial charge on any atom is 0.254 e. The molecule has 1 aliphatic heterocycles. The predicted octanol–water partition coefficient (Wildman–Crippen LogP) is 1.60. The quantitative estimate of drug-likeness (QED) is 0.926. The highest BCUT2D eigenvalue weighted by atomic mass is 16.5. The summed E-state index contributed by atoms with van der Waals surface area (Å²) in [5.41, 5.74) is 0.455. The summed E-state index contributed by atoms with van der Waals surface area (Å²) in [5, 5.41) is 3.58. The molecule has 1 N–H and O–H groups in total. The highest BCUT2D eigenvalue weighted by Crippen LogP contribution is 2.32. The molecule has 1 aromatic heterocycles. The van der Waals surface area contributed by atoms with E-state index in [-0.39, 0.29) is 18.4 Å². The summed E-state index contributed by atoms with van der Waals surface area (Å²) in [7, 11) is 3.13. The fraction of sp³-hybridized carbons (Fsp3) is 0.389. The number of hydrogen-bond donors (Lipinski definition) is 1. The van der Waals surface area contributed by atoms with E-state index in [1.54, 1.807) is 31.3 Å². The molecule has 2 aromatic rings. The van der Waals surface area contributed by atoms with Crippen LogP contribution in [0, 0.1) is 0 Å². The number of fused-ring (bicyclic) bond motifs is 1. The lowest BCUT2D eigenvalue weighted by atomic mass is 9.95. The molecular weight excluding hydrogens is 306 g/mol. The number of nitrogens with zero attached hydrogens (tertiary/aromatic N) is 2. The second-order valence-corrected chi connectivity index (χ2v) is 6.01. The normalized spacial score (nSPS) is 20.3. The van der Waals surface area contributed by atoms with Crippen LogP contribution >= 0.6 is 0 Å². The molecule has 1 fully saturated rings. The van der Waals surface area contributed by atoms with Crippen molar-refractivity contribution in [2.75, 3.05) is 27.3 Å². The van der Waals surface area contributed by atoms with Gasteiger partial charge in [-0.15, -0.1) is 0 Å². The maximum absolute atomic E-state index is 13.1. The molecule has 1 atom stereocenters. The average Bonchev–Trinajstić information content (AvgIpc) is 3.05. The van der Waals surface area contributed by atoms with Gasteiger partial charge in [0.1, 0.15) is 5.54 Å². The minimum absolute atomic E-state index is 0.154. The van der Waals surface area contributed by atoms with Crippen LogP contribution in [0.2, 0.25) is 0 Å². The fourth-order valence-corrected chi connectivity index (χ4v) is 3.46. The number of likely N-dealkylation sites (tertiary alicyclic amines) is 1. The van der Waals surface area contributed by atoms with E-state index in [1.165, 1.54) is 0 Å². The number of carbonyl (C=O) groups excluding carboxylic acids is 2. The molecule has 0 bridgehead atoms. The van der Waals surface area contributed by atoms with Crippen molar-refractivity contribution in [1.82, 2.24) is 15.2 Å². The molecule has 1 saturated heterocycles. The Morgan fingerprint density at radius 1 is 1.38 bits per heavy atom. The summed E-state index contributed by atoms with van der Waals surface area (Å²) in [4.78, 5) is 31.5. The van der Waals surface area contributed by atoms with Gasteiger partial charge in [0.25, 0.3) is 5.91 Å². The summed E-state index contributed by atoms with van der Waals surface area (Å²) < 4.78 is 5.27. The molecule has 6 nitrogen and oxygen atoms in total. The lowest BCUT2D eigenvalue weighted by Crippen LogP contribution is -2.59. The van der Waals surface area contributed by atoms with E-state index in [1.807, 2.05) is 24.3 Å². The second kappa shape index (κ2) is 6.57. The molecule has 1 unspecified atom stereocenters. The Bertz CT molecular complexity index is 777. The van der Waals surface area contributed by atoms with E-state index in [2.05, 4.69) is 10.3 Å². The van der Waals surface area contributed by atoms with Crippen molar-refractivity contribution in [2.24, 2.45) is 0 Å². The molecule has 0 aliphatic carbocycles. The van der Waals surface area contributed by atoms with E-state index in [0.717, 1.165) is 17.3 Å². The zero-order valence-electron chi connectivity index (χ0n) is 13.9. The number of likely N-dealkylation sites (N-methyl/N-ethyl adjacent to an activating group) is 1. The number of benzene rings is 1. The lowest BCUT2D eigenvalue weighted by Gasteiger charge is -2.36. The van der Waals surface area contributed by atoms with E-state index < -0.39 is 5.54 Å². The minimum Gasteiger partial charge on any atom is -0.382 e. The Labute approximate surface area is 140 Å². The van der Waals surface area contributed by atoms with Crippen LogP contribution in [0.5, 0.6) is 0 Å². The van der Waals surface area contributed by atoms with Crippen LogP contribution < -0.4 is 5.32 Å². The van der Waals surface area contributed by atoms with Gasteiger partial charge in [-0.25, -0.2) is 0 Å². The van der Waals surface area contributed by atoms with Crippen LogP contribution in [-0.4, -0.2) is 54.5 Å². The van der Waals surface area contributed by atoms with Crippen molar-refractivity contribution in [2.45, 2.75) is 18.4 Å². The molecule has 6 heteroatoms. The zero-order chi connectivity index (χ0) is 17.2. The molecule has 24 heavy (non-hydrogen) atoms. The molecular formula is C18H21N3O3.